The van der Waals surface area contributed by atoms with Gasteiger partial charge in [-0.05, 0) is 24.0 Å². The molecule has 0 aliphatic rings. The van der Waals surface area contributed by atoms with Crippen LogP contribution in [-0.2, 0) is 5.41 Å². The Morgan fingerprint density at radius 1 is 1.00 bits per heavy atom. The number of aryl methyl sites for hydroxylation is 1. The van der Waals surface area contributed by atoms with Crippen molar-refractivity contribution in [3.05, 3.63) is 47.8 Å². The van der Waals surface area contributed by atoms with Gasteiger partial charge in [0.1, 0.15) is 0 Å². The summed E-state index contributed by atoms with van der Waals surface area (Å²) >= 11 is 0. The van der Waals surface area contributed by atoms with E-state index in [0.29, 0.717) is 0 Å². The monoisotopic (exact) mass is 226 g/mol. The molecule has 0 aliphatic heterocycles. The highest BCUT2D eigenvalue weighted by atomic mass is 14.9. The summed E-state index contributed by atoms with van der Waals surface area (Å²) in [5.74, 6) is 0.803. The molecule has 0 aliphatic carbocycles. The van der Waals surface area contributed by atoms with E-state index >= 15 is 0 Å². The molecule has 2 rings (SSSR count). The van der Waals surface area contributed by atoms with Crippen molar-refractivity contribution in [2.75, 3.05) is 0 Å². The first-order valence-electron chi connectivity index (χ1n) is 5.87. The quantitative estimate of drug-likeness (QED) is 0.740. The second-order valence-corrected chi connectivity index (χ2v) is 5.37. The third kappa shape index (κ3) is 2.52. The maximum absolute atomic E-state index is 4.34. The summed E-state index contributed by atoms with van der Waals surface area (Å²) in [5, 5.41) is 0. The van der Waals surface area contributed by atoms with Crippen LogP contribution in [0.5, 0.6) is 0 Å². The van der Waals surface area contributed by atoms with Crippen LogP contribution in [0.3, 0.4) is 0 Å². The maximum Gasteiger partial charge on any atom is 0.159 e. The highest BCUT2D eigenvalue weighted by Gasteiger charge is 2.19. The Morgan fingerprint density at radius 3 is 2.24 bits per heavy atom. The average molecular weight is 226 g/mol. The van der Waals surface area contributed by atoms with Crippen LogP contribution in [0.2, 0.25) is 0 Å². The molecule has 0 bridgehead atoms. The molecule has 1 heterocycles. The highest BCUT2D eigenvalue weighted by molar-refractivity contribution is 5.62. The lowest BCUT2D eigenvalue weighted by Gasteiger charge is -2.22. The van der Waals surface area contributed by atoms with Gasteiger partial charge in [-0.2, -0.15) is 0 Å². The van der Waals surface area contributed by atoms with Crippen LogP contribution in [0, 0.1) is 6.92 Å². The van der Waals surface area contributed by atoms with Crippen molar-refractivity contribution in [1.29, 1.82) is 0 Å². The molecule has 0 amide bonds. The predicted molar refractivity (Wildman–Crippen MR) is 70.9 cm³/mol. The van der Waals surface area contributed by atoms with E-state index < -0.39 is 0 Å². The van der Waals surface area contributed by atoms with Crippen LogP contribution >= 0.6 is 0 Å². The summed E-state index contributed by atoms with van der Waals surface area (Å²) in [6.45, 7) is 8.77. The van der Waals surface area contributed by atoms with Gasteiger partial charge in [0, 0.05) is 18.0 Å². The van der Waals surface area contributed by atoms with Crippen molar-refractivity contribution in [2.24, 2.45) is 0 Å². The smallest absolute Gasteiger partial charge is 0.159 e. The molecule has 17 heavy (non-hydrogen) atoms. The average Bonchev–Trinajstić information content (AvgIpc) is 2.29. The number of benzene rings is 1. The third-order valence-corrected chi connectivity index (χ3v) is 2.79. The van der Waals surface area contributed by atoms with Crippen molar-refractivity contribution in [2.45, 2.75) is 33.1 Å². The molecule has 88 valence electrons. The van der Waals surface area contributed by atoms with Crippen molar-refractivity contribution >= 4 is 0 Å². The summed E-state index contributed by atoms with van der Waals surface area (Å²) in [6.07, 6.45) is 3.57. The van der Waals surface area contributed by atoms with E-state index in [9.17, 15) is 0 Å². The van der Waals surface area contributed by atoms with Gasteiger partial charge < -0.3 is 0 Å². The van der Waals surface area contributed by atoms with Gasteiger partial charge in [0.25, 0.3) is 0 Å². The molecule has 2 nitrogen and oxygen atoms in total. The Kier molecular flexibility index (Phi) is 2.97. The minimum absolute atomic E-state index is 0.0978. The lowest BCUT2D eigenvalue weighted by atomic mass is 9.82. The van der Waals surface area contributed by atoms with Crippen molar-refractivity contribution < 1.29 is 0 Å². The summed E-state index contributed by atoms with van der Waals surface area (Å²) in [6, 6.07) is 8.30. The van der Waals surface area contributed by atoms with Crippen LogP contribution in [-0.4, -0.2) is 9.97 Å². The van der Waals surface area contributed by atoms with Crippen LogP contribution in [0.15, 0.2) is 36.7 Å². The number of hydrogen-bond acceptors (Lipinski definition) is 2. The summed E-state index contributed by atoms with van der Waals surface area (Å²) in [7, 11) is 0. The fraction of sp³-hybridized carbons (Fsp3) is 0.333. The van der Waals surface area contributed by atoms with E-state index in [1.165, 1.54) is 11.1 Å². The molecule has 0 saturated heterocycles. The predicted octanol–water partition coefficient (Wildman–Crippen LogP) is 3.75. The topological polar surface area (TPSA) is 25.8 Å². The Balaban J connectivity index is 2.63. The largest absolute Gasteiger partial charge is 0.237 e. The Morgan fingerprint density at radius 2 is 1.65 bits per heavy atom. The van der Waals surface area contributed by atoms with Gasteiger partial charge in [-0.3, -0.25) is 0 Å². The van der Waals surface area contributed by atoms with Gasteiger partial charge in [-0.15, -0.1) is 0 Å². The minimum Gasteiger partial charge on any atom is -0.237 e. The minimum atomic E-state index is 0.0978. The van der Waals surface area contributed by atoms with Crippen molar-refractivity contribution in [1.82, 2.24) is 9.97 Å². The zero-order chi connectivity index (χ0) is 12.5. The molecule has 0 saturated carbocycles. The van der Waals surface area contributed by atoms with Gasteiger partial charge in [0.15, 0.2) is 5.82 Å². The molecule has 2 heteroatoms. The molecular formula is C15H18N2. The molecule has 0 fully saturated rings. The number of nitrogens with zero attached hydrogens (tertiary/aromatic N) is 2. The lowest BCUT2D eigenvalue weighted by molar-refractivity contribution is 0.591. The van der Waals surface area contributed by atoms with Gasteiger partial charge in [0.05, 0.1) is 0 Å². The molecule has 1 aromatic carbocycles. The van der Waals surface area contributed by atoms with E-state index in [1.54, 1.807) is 12.4 Å². The van der Waals surface area contributed by atoms with Crippen LogP contribution in [0.1, 0.15) is 31.9 Å². The first-order chi connectivity index (χ1) is 7.98. The molecule has 0 radical (unpaired) electrons. The van der Waals surface area contributed by atoms with E-state index in [4.69, 9.17) is 0 Å². The van der Waals surface area contributed by atoms with E-state index in [2.05, 4.69) is 55.9 Å². The fourth-order valence-electron chi connectivity index (χ4n) is 1.91. The van der Waals surface area contributed by atoms with Crippen LogP contribution in [0.4, 0.5) is 0 Å². The Labute approximate surface area is 103 Å². The van der Waals surface area contributed by atoms with E-state index in [1.807, 2.05) is 6.07 Å². The number of rotatable bonds is 1. The van der Waals surface area contributed by atoms with E-state index in [-0.39, 0.29) is 5.41 Å². The Bertz CT molecular complexity index is 510. The highest BCUT2D eigenvalue weighted by Crippen LogP contribution is 2.31. The van der Waals surface area contributed by atoms with Crippen LogP contribution in [0.25, 0.3) is 11.4 Å². The van der Waals surface area contributed by atoms with Gasteiger partial charge in [-0.1, -0.05) is 44.5 Å². The third-order valence-electron chi connectivity index (χ3n) is 2.79. The SMILES string of the molecule is Cc1ccc(-c2ncccn2)c(C(C)(C)C)c1. The zero-order valence-electron chi connectivity index (χ0n) is 10.9. The summed E-state index contributed by atoms with van der Waals surface area (Å²) in [5.41, 5.74) is 3.79. The van der Waals surface area contributed by atoms with Gasteiger partial charge >= 0.3 is 0 Å². The summed E-state index contributed by atoms with van der Waals surface area (Å²) < 4.78 is 0. The summed E-state index contributed by atoms with van der Waals surface area (Å²) in [4.78, 5) is 8.68. The standard InChI is InChI=1S/C15H18N2/c1-11-6-7-12(13(10-11)15(2,3)4)14-16-8-5-9-17-14/h5-10H,1-4H3. The molecule has 0 N–H and O–H groups in total. The van der Waals surface area contributed by atoms with Gasteiger partial charge in [0.2, 0.25) is 0 Å². The van der Waals surface area contributed by atoms with Crippen molar-refractivity contribution in [3.63, 3.8) is 0 Å². The molecule has 0 spiro atoms. The zero-order valence-corrected chi connectivity index (χ0v) is 10.9. The Hall–Kier alpha value is -1.70. The van der Waals surface area contributed by atoms with Crippen LogP contribution < -0.4 is 0 Å². The molecular weight excluding hydrogens is 208 g/mol. The van der Waals surface area contributed by atoms with E-state index in [0.717, 1.165) is 11.4 Å². The number of hydrogen-bond donors (Lipinski definition) is 0. The first-order valence-corrected chi connectivity index (χ1v) is 5.87. The van der Waals surface area contributed by atoms with Gasteiger partial charge in [-0.25, -0.2) is 9.97 Å². The fourth-order valence-corrected chi connectivity index (χ4v) is 1.91. The lowest BCUT2D eigenvalue weighted by Crippen LogP contribution is -2.13. The molecule has 0 unspecified atom stereocenters. The van der Waals surface area contributed by atoms with Crippen molar-refractivity contribution in [3.8, 4) is 11.4 Å². The maximum atomic E-state index is 4.34. The molecule has 1 aromatic heterocycles. The number of aromatic nitrogens is 2. The first kappa shape index (κ1) is 11.8. The second-order valence-electron chi connectivity index (χ2n) is 5.37. The second kappa shape index (κ2) is 4.28. The molecule has 2 aromatic rings. The normalized spacial score (nSPS) is 11.5. The molecule has 0 atom stereocenters.